The van der Waals surface area contributed by atoms with Gasteiger partial charge in [-0.15, -0.1) is 0 Å². The zero-order chi connectivity index (χ0) is 8.97. The molecule has 1 heterocycles. The van der Waals surface area contributed by atoms with E-state index in [1.54, 1.807) is 0 Å². The molecule has 1 aliphatic heterocycles. The number of methoxy groups -OCH3 is 2. The van der Waals surface area contributed by atoms with Gasteiger partial charge in [-0.1, -0.05) is 0 Å². The number of amides is 1. The average Bonchev–Trinajstić information content (AvgIpc) is 2.16. The molecule has 1 amide bonds. The molecule has 5 heteroatoms. The molecule has 1 fully saturated rings. The van der Waals surface area contributed by atoms with Gasteiger partial charge in [-0.2, -0.15) is 0 Å². The minimum absolute atomic E-state index is 0.314. The molecule has 0 aromatic carbocycles. The molecule has 70 valence electrons. The van der Waals surface area contributed by atoms with Gasteiger partial charge in [0, 0.05) is 7.11 Å². The highest BCUT2D eigenvalue weighted by molar-refractivity contribution is 5.67. The Labute approximate surface area is 71.2 Å². The lowest BCUT2D eigenvalue weighted by Crippen LogP contribution is -2.49. The van der Waals surface area contributed by atoms with Gasteiger partial charge in [-0.05, 0) is 0 Å². The Hall–Kier alpha value is -0.810. The summed E-state index contributed by atoms with van der Waals surface area (Å²) in [5, 5.41) is 0. The van der Waals surface area contributed by atoms with Crippen molar-refractivity contribution in [2.24, 2.45) is 0 Å². The van der Waals surface area contributed by atoms with Crippen LogP contribution in [-0.4, -0.2) is 51.2 Å². The molecule has 0 aromatic heterocycles. The zero-order valence-electron chi connectivity index (χ0n) is 7.28. The van der Waals surface area contributed by atoms with Gasteiger partial charge in [0.2, 0.25) is 0 Å². The highest BCUT2D eigenvalue weighted by Crippen LogP contribution is 2.08. The molecule has 0 unspecified atom stereocenters. The summed E-state index contributed by atoms with van der Waals surface area (Å²) in [5.41, 5.74) is 0. The largest absolute Gasteiger partial charge is 0.453 e. The average molecular weight is 175 g/mol. The molecule has 1 rings (SSSR count). The topological polar surface area (TPSA) is 48.0 Å². The molecule has 1 aliphatic rings. The van der Waals surface area contributed by atoms with Gasteiger partial charge >= 0.3 is 6.09 Å². The maximum absolute atomic E-state index is 11.1. The predicted octanol–water partition coefficient (Wildman–Crippen LogP) is 0.0575. The molecule has 0 aliphatic carbocycles. The molecule has 0 bridgehead atoms. The van der Waals surface area contributed by atoms with Crippen LogP contribution in [-0.2, 0) is 14.2 Å². The highest BCUT2D eigenvalue weighted by atomic mass is 16.6. The molecule has 0 aromatic rings. The summed E-state index contributed by atoms with van der Waals surface area (Å²) in [6.45, 7) is 1.46. The zero-order valence-corrected chi connectivity index (χ0v) is 7.28. The van der Waals surface area contributed by atoms with E-state index in [9.17, 15) is 4.79 Å². The second-order valence-electron chi connectivity index (χ2n) is 2.43. The first-order chi connectivity index (χ1) is 5.79. The molecular weight excluding hydrogens is 162 g/mol. The van der Waals surface area contributed by atoms with Gasteiger partial charge in [-0.25, -0.2) is 4.79 Å². The van der Waals surface area contributed by atoms with E-state index in [2.05, 4.69) is 4.74 Å². The molecule has 1 atom stereocenters. The van der Waals surface area contributed by atoms with E-state index in [1.807, 2.05) is 0 Å². The summed E-state index contributed by atoms with van der Waals surface area (Å²) in [6.07, 6.45) is -0.684. The molecule has 0 N–H and O–H groups in total. The molecule has 0 saturated carbocycles. The SMILES string of the molecule is COC(=O)N1CCOC[C@H]1OC. The summed E-state index contributed by atoms with van der Waals surface area (Å²) in [6, 6.07) is 0. The standard InChI is InChI=1S/C7H13NO4/c1-10-6-5-12-4-3-8(6)7(9)11-2/h6H,3-5H2,1-2H3/t6-/m1/s1. The Morgan fingerprint density at radius 1 is 1.58 bits per heavy atom. The monoisotopic (exact) mass is 175 g/mol. The van der Waals surface area contributed by atoms with Crippen LogP contribution in [0.3, 0.4) is 0 Å². The van der Waals surface area contributed by atoms with Crippen molar-refractivity contribution in [3.05, 3.63) is 0 Å². The fourth-order valence-electron chi connectivity index (χ4n) is 1.10. The molecule has 1 saturated heterocycles. The van der Waals surface area contributed by atoms with Crippen LogP contribution in [0.15, 0.2) is 0 Å². The van der Waals surface area contributed by atoms with Crippen LogP contribution < -0.4 is 0 Å². The lowest BCUT2D eigenvalue weighted by molar-refractivity contribution is -0.111. The molecule has 5 nitrogen and oxygen atoms in total. The van der Waals surface area contributed by atoms with Gasteiger partial charge in [0.25, 0.3) is 0 Å². The van der Waals surface area contributed by atoms with Crippen LogP contribution in [0.4, 0.5) is 4.79 Å². The maximum Gasteiger partial charge on any atom is 0.411 e. The number of rotatable bonds is 1. The Morgan fingerprint density at radius 2 is 2.33 bits per heavy atom. The molecule has 0 radical (unpaired) electrons. The normalized spacial score (nSPS) is 23.8. The van der Waals surface area contributed by atoms with Crippen LogP contribution in [0.2, 0.25) is 0 Å². The summed E-state index contributed by atoms with van der Waals surface area (Å²) in [5.74, 6) is 0. The highest BCUT2D eigenvalue weighted by Gasteiger charge is 2.27. The van der Waals surface area contributed by atoms with Crippen molar-refractivity contribution in [1.82, 2.24) is 4.90 Å². The minimum Gasteiger partial charge on any atom is -0.453 e. The number of nitrogens with zero attached hydrogens (tertiary/aromatic N) is 1. The van der Waals surface area contributed by atoms with E-state index in [0.717, 1.165) is 0 Å². The van der Waals surface area contributed by atoms with E-state index in [-0.39, 0.29) is 12.3 Å². The number of morpholine rings is 1. The number of ether oxygens (including phenoxy) is 3. The quantitative estimate of drug-likeness (QED) is 0.565. The summed E-state index contributed by atoms with van der Waals surface area (Å²) in [7, 11) is 2.89. The third-order valence-corrected chi connectivity index (χ3v) is 1.77. The van der Waals surface area contributed by atoms with Crippen LogP contribution in [0.5, 0.6) is 0 Å². The summed E-state index contributed by atoms with van der Waals surface area (Å²) in [4.78, 5) is 12.6. The van der Waals surface area contributed by atoms with E-state index in [1.165, 1.54) is 19.1 Å². The van der Waals surface area contributed by atoms with Crippen molar-refractivity contribution in [2.45, 2.75) is 6.23 Å². The Morgan fingerprint density at radius 3 is 2.92 bits per heavy atom. The van der Waals surface area contributed by atoms with Crippen molar-refractivity contribution in [3.8, 4) is 0 Å². The van der Waals surface area contributed by atoms with Crippen molar-refractivity contribution in [3.63, 3.8) is 0 Å². The fourth-order valence-corrected chi connectivity index (χ4v) is 1.10. The van der Waals surface area contributed by atoms with Crippen molar-refractivity contribution >= 4 is 6.09 Å². The predicted molar refractivity (Wildman–Crippen MR) is 40.7 cm³/mol. The second kappa shape index (κ2) is 4.27. The Bertz CT molecular complexity index is 161. The maximum atomic E-state index is 11.1. The number of carbonyl (C=O) groups is 1. The fraction of sp³-hybridized carbons (Fsp3) is 0.857. The van der Waals surface area contributed by atoms with Gasteiger partial charge in [0.1, 0.15) is 0 Å². The first-order valence-electron chi connectivity index (χ1n) is 3.74. The van der Waals surface area contributed by atoms with Gasteiger partial charge in [-0.3, -0.25) is 4.90 Å². The molecule has 0 spiro atoms. The molecular formula is C7H13NO4. The van der Waals surface area contributed by atoms with Crippen molar-refractivity contribution in [2.75, 3.05) is 34.0 Å². The third kappa shape index (κ3) is 1.86. The van der Waals surface area contributed by atoms with Gasteiger partial charge in [0.05, 0.1) is 26.9 Å². The first-order valence-corrected chi connectivity index (χ1v) is 3.74. The minimum atomic E-state index is -0.370. The van der Waals surface area contributed by atoms with Crippen molar-refractivity contribution in [1.29, 1.82) is 0 Å². The van der Waals surface area contributed by atoms with E-state index >= 15 is 0 Å². The number of hydrogen-bond acceptors (Lipinski definition) is 4. The second-order valence-corrected chi connectivity index (χ2v) is 2.43. The van der Waals surface area contributed by atoms with E-state index in [4.69, 9.17) is 9.47 Å². The summed E-state index contributed by atoms with van der Waals surface area (Å²) >= 11 is 0. The Kier molecular flexibility index (Phi) is 3.31. The Balaban J connectivity index is 2.52. The van der Waals surface area contributed by atoms with Crippen LogP contribution in [0.1, 0.15) is 0 Å². The summed E-state index contributed by atoms with van der Waals surface area (Å²) < 4.78 is 14.7. The number of hydrogen-bond donors (Lipinski definition) is 0. The third-order valence-electron chi connectivity index (χ3n) is 1.77. The first kappa shape index (κ1) is 9.28. The smallest absolute Gasteiger partial charge is 0.411 e. The van der Waals surface area contributed by atoms with Gasteiger partial charge < -0.3 is 14.2 Å². The van der Waals surface area contributed by atoms with Gasteiger partial charge in [0.15, 0.2) is 6.23 Å². The van der Waals surface area contributed by atoms with Crippen LogP contribution in [0, 0.1) is 0 Å². The lowest BCUT2D eigenvalue weighted by atomic mass is 10.4. The lowest BCUT2D eigenvalue weighted by Gasteiger charge is -2.32. The molecule has 12 heavy (non-hydrogen) atoms. The van der Waals surface area contributed by atoms with E-state index < -0.39 is 0 Å². The van der Waals surface area contributed by atoms with E-state index in [0.29, 0.717) is 19.8 Å². The van der Waals surface area contributed by atoms with Crippen molar-refractivity contribution < 1.29 is 19.0 Å². The number of carbonyl (C=O) groups excluding carboxylic acids is 1. The van der Waals surface area contributed by atoms with Crippen LogP contribution in [0.25, 0.3) is 0 Å². The van der Waals surface area contributed by atoms with Crippen LogP contribution >= 0.6 is 0 Å².